The largest absolute Gasteiger partial charge is 0.444 e. The molecule has 0 saturated heterocycles. The number of carbonyl (C=O) groups excluding carboxylic acids is 2. The first-order valence-corrected chi connectivity index (χ1v) is 15.0. The highest BCUT2D eigenvalue weighted by Crippen LogP contribution is 2.32. The van der Waals surface area contributed by atoms with Crippen molar-refractivity contribution in [3.05, 3.63) is 95.6 Å². The molecule has 0 radical (unpaired) electrons. The molecule has 1 aromatic heterocycles. The highest BCUT2D eigenvalue weighted by molar-refractivity contribution is 7.90. The van der Waals surface area contributed by atoms with E-state index in [2.05, 4.69) is 15.7 Å². The topological polar surface area (TPSA) is 119 Å². The van der Waals surface area contributed by atoms with Crippen LogP contribution in [0.1, 0.15) is 42.5 Å². The van der Waals surface area contributed by atoms with Gasteiger partial charge in [0, 0.05) is 24.4 Å². The molecule has 0 aliphatic carbocycles. The van der Waals surface area contributed by atoms with Gasteiger partial charge in [-0.05, 0) is 56.2 Å². The highest BCUT2D eigenvalue weighted by Gasteiger charge is 2.36. The standard InChI is InChI=1S/C30H28F4N4O5S/c1-29(2,3)43-28(40)35-17-19-9-5-7-11-23(19)38-24(16-26(37-38)30(32,33)34)27(39)36-22-14-13-18(15-21(22)31)20-10-6-8-12-25(20)44(4,41)42/h5-16H,17H2,1-4H3,(H,35,40)(H,36,39). The lowest BCUT2D eigenvalue weighted by Gasteiger charge is -2.20. The van der Waals surface area contributed by atoms with E-state index in [4.69, 9.17) is 4.74 Å². The third-order valence-electron chi connectivity index (χ3n) is 6.09. The molecule has 2 amide bonds. The van der Waals surface area contributed by atoms with Gasteiger partial charge < -0.3 is 15.4 Å². The van der Waals surface area contributed by atoms with Gasteiger partial charge in [0.05, 0.1) is 16.3 Å². The minimum absolute atomic E-state index is 0.0282. The fourth-order valence-corrected chi connectivity index (χ4v) is 5.12. The average Bonchev–Trinajstić information content (AvgIpc) is 3.38. The van der Waals surface area contributed by atoms with Crippen molar-refractivity contribution in [2.45, 2.75) is 44.0 Å². The van der Waals surface area contributed by atoms with Crippen LogP contribution < -0.4 is 10.6 Å². The Labute approximate surface area is 250 Å². The third-order valence-corrected chi connectivity index (χ3v) is 7.24. The van der Waals surface area contributed by atoms with Gasteiger partial charge in [-0.15, -0.1) is 0 Å². The minimum atomic E-state index is -4.91. The van der Waals surface area contributed by atoms with Crippen LogP contribution in [0.3, 0.4) is 0 Å². The minimum Gasteiger partial charge on any atom is -0.444 e. The summed E-state index contributed by atoms with van der Waals surface area (Å²) in [4.78, 5) is 25.4. The van der Waals surface area contributed by atoms with Crippen molar-refractivity contribution in [1.82, 2.24) is 15.1 Å². The lowest BCUT2D eigenvalue weighted by Crippen LogP contribution is -2.32. The molecule has 1 heterocycles. The number of para-hydroxylation sites is 1. The first-order chi connectivity index (χ1) is 20.4. The first-order valence-electron chi connectivity index (χ1n) is 13.1. The van der Waals surface area contributed by atoms with Gasteiger partial charge in [-0.3, -0.25) is 4.79 Å². The number of halogens is 4. The molecular formula is C30H28F4N4O5S. The van der Waals surface area contributed by atoms with Crippen molar-refractivity contribution in [1.29, 1.82) is 0 Å². The van der Waals surface area contributed by atoms with E-state index < -0.39 is 50.8 Å². The number of hydrogen-bond donors (Lipinski definition) is 2. The van der Waals surface area contributed by atoms with Gasteiger partial charge in [0.1, 0.15) is 17.1 Å². The van der Waals surface area contributed by atoms with Crippen molar-refractivity contribution in [3.63, 3.8) is 0 Å². The number of ether oxygens (including phenoxy) is 1. The predicted molar refractivity (Wildman–Crippen MR) is 155 cm³/mol. The molecule has 0 fully saturated rings. The molecule has 0 atom stereocenters. The van der Waals surface area contributed by atoms with Gasteiger partial charge in [-0.1, -0.05) is 42.5 Å². The van der Waals surface area contributed by atoms with E-state index in [-0.39, 0.29) is 33.9 Å². The highest BCUT2D eigenvalue weighted by atomic mass is 32.2. The maximum Gasteiger partial charge on any atom is 0.435 e. The number of rotatable bonds is 7. The molecule has 0 aliphatic rings. The Morgan fingerprint density at radius 1 is 0.955 bits per heavy atom. The second-order valence-electron chi connectivity index (χ2n) is 10.7. The van der Waals surface area contributed by atoms with Gasteiger partial charge in [-0.2, -0.15) is 18.3 Å². The Morgan fingerprint density at radius 2 is 1.61 bits per heavy atom. The van der Waals surface area contributed by atoms with E-state index in [0.29, 0.717) is 11.6 Å². The summed E-state index contributed by atoms with van der Waals surface area (Å²) >= 11 is 0. The summed E-state index contributed by atoms with van der Waals surface area (Å²) in [6.07, 6.45) is -4.66. The van der Waals surface area contributed by atoms with Gasteiger partial charge >= 0.3 is 12.3 Å². The Morgan fingerprint density at radius 3 is 2.25 bits per heavy atom. The lowest BCUT2D eigenvalue weighted by molar-refractivity contribution is -0.141. The van der Waals surface area contributed by atoms with Crippen LogP contribution in [0.15, 0.2) is 77.7 Å². The molecule has 232 valence electrons. The lowest BCUT2D eigenvalue weighted by atomic mass is 10.0. The van der Waals surface area contributed by atoms with Gasteiger partial charge in [0.25, 0.3) is 5.91 Å². The van der Waals surface area contributed by atoms with E-state index in [1.807, 2.05) is 0 Å². The first kappa shape index (κ1) is 32.2. The molecule has 4 rings (SSSR count). The Balaban J connectivity index is 1.68. The summed E-state index contributed by atoms with van der Waals surface area (Å²) in [5.74, 6) is -2.06. The summed E-state index contributed by atoms with van der Waals surface area (Å²) in [5, 5.41) is 8.40. The van der Waals surface area contributed by atoms with Crippen LogP contribution in [0.2, 0.25) is 0 Å². The zero-order valence-corrected chi connectivity index (χ0v) is 24.8. The predicted octanol–water partition coefficient (Wildman–Crippen LogP) is 6.38. The van der Waals surface area contributed by atoms with Crippen molar-refractivity contribution < 1.29 is 40.3 Å². The molecule has 44 heavy (non-hydrogen) atoms. The van der Waals surface area contributed by atoms with Crippen LogP contribution in [0.4, 0.5) is 28.0 Å². The number of sulfone groups is 1. The second kappa shape index (κ2) is 12.1. The number of carbonyl (C=O) groups is 2. The van der Waals surface area contributed by atoms with Crippen molar-refractivity contribution >= 4 is 27.5 Å². The normalized spacial score (nSPS) is 12.1. The summed E-state index contributed by atoms with van der Waals surface area (Å²) in [5.41, 5.74) is -2.28. The van der Waals surface area contributed by atoms with Crippen LogP contribution in [0, 0.1) is 5.82 Å². The molecule has 0 spiro atoms. The molecule has 14 heteroatoms. The number of hydrogen-bond acceptors (Lipinski definition) is 6. The molecule has 2 N–H and O–H groups in total. The number of benzene rings is 3. The zero-order valence-electron chi connectivity index (χ0n) is 24.0. The molecule has 9 nitrogen and oxygen atoms in total. The van der Waals surface area contributed by atoms with Crippen molar-refractivity contribution in [3.8, 4) is 16.8 Å². The molecule has 4 aromatic rings. The van der Waals surface area contributed by atoms with Crippen LogP contribution in [0.25, 0.3) is 16.8 Å². The Kier molecular flexibility index (Phi) is 8.86. The molecule has 0 unspecified atom stereocenters. The smallest absolute Gasteiger partial charge is 0.435 e. The summed E-state index contributed by atoms with van der Waals surface area (Å²) in [7, 11) is -3.65. The van der Waals surface area contributed by atoms with E-state index in [9.17, 15) is 31.2 Å². The quantitative estimate of drug-likeness (QED) is 0.228. The molecule has 0 aliphatic heterocycles. The summed E-state index contributed by atoms with van der Waals surface area (Å²) in [6, 6.07) is 16.1. The summed E-state index contributed by atoms with van der Waals surface area (Å²) in [6.45, 7) is 4.83. The van der Waals surface area contributed by atoms with Crippen molar-refractivity contribution in [2.75, 3.05) is 11.6 Å². The molecule has 0 bridgehead atoms. The number of nitrogens with zero attached hydrogens (tertiary/aromatic N) is 2. The van der Waals surface area contributed by atoms with E-state index in [1.54, 1.807) is 32.9 Å². The maximum atomic E-state index is 15.2. The monoisotopic (exact) mass is 632 g/mol. The Hall–Kier alpha value is -4.72. The molecular weight excluding hydrogens is 604 g/mol. The van der Waals surface area contributed by atoms with Crippen molar-refractivity contribution in [2.24, 2.45) is 0 Å². The fourth-order valence-electron chi connectivity index (χ4n) is 4.21. The van der Waals surface area contributed by atoms with Crippen LogP contribution in [0.5, 0.6) is 0 Å². The summed E-state index contributed by atoms with van der Waals surface area (Å²) < 4.78 is 86.6. The number of anilines is 1. The number of aromatic nitrogens is 2. The van der Waals surface area contributed by atoms with Gasteiger partial charge in [0.15, 0.2) is 15.5 Å². The van der Waals surface area contributed by atoms with E-state index in [1.165, 1.54) is 48.5 Å². The van der Waals surface area contributed by atoms with E-state index >= 15 is 4.39 Å². The van der Waals surface area contributed by atoms with Crippen LogP contribution in [-0.4, -0.2) is 42.1 Å². The number of alkyl carbamates (subject to hydrolysis) is 1. The van der Waals surface area contributed by atoms with E-state index in [0.717, 1.165) is 17.0 Å². The second-order valence-corrected chi connectivity index (χ2v) is 12.7. The van der Waals surface area contributed by atoms with Crippen LogP contribution in [-0.2, 0) is 27.3 Å². The zero-order chi connectivity index (χ0) is 32.4. The Bertz CT molecular complexity index is 1830. The fraction of sp³-hybridized carbons (Fsp3) is 0.233. The van der Waals surface area contributed by atoms with Gasteiger partial charge in [-0.25, -0.2) is 22.3 Å². The maximum absolute atomic E-state index is 15.2. The number of amides is 2. The average molecular weight is 633 g/mol. The number of nitrogens with one attached hydrogen (secondary N) is 2. The molecule has 0 saturated carbocycles. The van der Waals surface area contributed by atoms with Crippen LogP contribution >= 0.6 is 0 Å². The molecule has 3 aromatic carbocycles. The number of alkyl halides is 3. The third kappa shape index (κ3) is 7.61. The van der Waals surface area contributed by atoms with Gasteiger partial charge in [0.2, 0.25) is 0 Å². The SMILES string of the molecule is CC(C)(C)OC(=O)NCc1ccccc1-n1nc(C(F)(F)F)cc1C(=O)Nc1ccc(-c2ccccc2S(C)(=O)=O)cc1F.